The number of aromatic nitrogens is 1. The van der Waals surface area contributed by atoms with E-state index in [1.54, 1.807) is 18.1 Å². The van der Waals surface area contributed by atoms with E-state index < -0.39 is 0 Å². The summed E-state index contributed by atoms with van der Waals surface area (Å²) in [5.74, 6) is -0.277. The number of ether oxygens (including phenoxy) is 1. The SMILES string of the molecule is COCCN(C=O)Cc1ccc(Nc2nc(-c3cccc(F)c3)cs2)cc1. The smallest absolute Gasteiger partial charge is 0.210 e. The summed E-state index contributed by atoms with van der Waals surface area (Å²) in [6.07, 6.45) is 0.828. The van der Waals surface area contributed by atoms with Gasteiger partial charge in [0, 0.05) is 36.8 Å². The van der Waals surface area contributed by atoms with Crippen molar-refractivity contribution in [2.24, 2.45) is 0 Å². The van der Waals surface area contributed by atoms with Crippen LogP contribution in [-0.4, -0.2) is 36.6 Å². The number of nitrogens with one attached hydrogen (secondary N) is 1. The number of nitrogens with zero attached hydrogens (tertiary/aromatic N) is 2. The molecule has 0 atom stereocenters. The van der Waals surface area contributed by atoms with Crippen molar-refractivity contribution in [1.29, 1.82) is 0 Å². The average Bonchev–Trinajstić information content (AvgIpc) is 3.15. The van der Waals surface area contributed by atoms with Gasteiger partial charge in [-0.1, -0.05) is 24.3 Å². The molecule has 1 amide bonds. The highest BCUT2D eigenvalue weighted by atomic mass is 32.1. The van der Waals surface area contributed by atoms with E-state index in [2.05, 4.69) is 10.3 Å². The third-order valence-corrected chi connectivity index (χ3v) is 4.70. The molecule has 0 fully saturated rings. The molecule has 0 bridgehead atoms. The summed E-state index contributed by atoms with van der Waals surface area (Å²) in [6.45, 7) is 1.60. The summed E-state index contributed by atoms with van der Waals surface area (Å²) in [7, 11) is 1.61. The van der Waals surface area contributed by atoms with Crippen LogP contribution in [0, 0.1) is 5.82 Å². The fourth-order valence-corrected chi connectivity index (χ4v) is 3.28. The summed E-state index contributed by atoms with van der Waals surface area (Å²) >= 11 is 1.46. The maximum Gasteiger partial charge on any atom is 0.210 e. The van der Waals surface area contributed by atoms with Gasteiger partial charge >= 0.3 is 0 Å². The van der Waals surface area contributed by atoms with Gasteiger partial charge in [-0.05, 0) is 29.8 Å². The molecule has 0 aliphatic heterocycles. The molecular formula is C20H20FN3O2S. The molecule has 0 saturated carbocycles. The Kier molecular flexibility index (Phi) is 6.51. The lowest BCUT2D eigenvalue weighted by molar-refractivity contribution is -0.119. The van der Waals surface area contributed by atoms with Gasteiger partial charge in [-0.3, -0.25) is 4.79 Å². The molecule has 0 spiro atoms. The minimum absolute atomic E-state index is 0.277. The second-order valence-electron chi connectivity index (χ2n) is 5.94. The van der Waals surface area contributed by atoms with Gasteiger partial charge < -0.3 is 15.0 Å². The van der Waals surface area contributed by atoms with Gasteiger partial charge in [0.05, 0.1) is 12.3 Å². The first kappa shape index (κ1) is 19.0. The van der Waals surface area contributed by atoms with E-state index in [0.717, 1.165) is 34.0 Å². The first-order chi connectivity index (χ1) is 13.2. The average molecular weight is 385 g/mol. The first-order valence-electron chi connectivity index (χ1n) is 8.43. The van der Waals surface area contributed by atoms with E-state index in [4.69, 9.17) is 4.74 Å². The lowest BCUT2D eigenvalue weighted by atomic mass is 10.2. The van der Waals surface area contributed by atoms with Crippen molar-refractivity contribution in [2.45, 2.75) is 6.54 Å². The highest BCUT2D eigenvalue weighted by Gasteiger charge is 2.07. The van der Waals surface area contributed by atoms with Crippen molar-refractivity contribution < 1.29 is 13.9 Å². The summed E-state index contributed by atoms with van der Waals surface area (Å²) in [4.78, 5) is 17.3. The van der Waals surface area contributed by atoms with E-state index >= 15 is 0 Å². The number of anilines is 2. The Morgan fingerprint density at radius 1 is 1.26 bits per heavy atom. The molecule has 5 nitrogen and oxygen atoms in total. The molecule has 27 heavy (non-hydrogen) atoms. The predicted octanol–water partition coefficient (Wildman–Crippen LogP) is 4.30. The van der Waals surface area contributed by atoms with Gasteiger partial charge in [0.2, 0.25) is 6.41 Å². The van der Waals surface area contributed by atoms with Crippen molar-refractivity contribution in [3.8, 4) is 11.3 Å². The summed E-state index contributed by atoms with van der Waals surface area (Å²) < 4.78 is 18.4. The number of hydrogen-bond donors (Lipinski definition) is 1. The molecule has 2 aromatic carbocycles. The molecule has 0 aliphatic carbocycles. The van der Waals surface area contributed by atoms with Gasteiger partial charge in [0.15, 0.2) is 5.13 Å². The van der Waals surface area contributed by atoms with Gasteiger partial charge in [0.1, 0.15) is 5.82 Å². The fourth-order valence-electron chi connectivity index (χ4n) is 2.54. The number of rotatable bonds is 9. The molecule has 1 N–H and O–H groups in total. The van der Waals surface area contributed by atoms with E-state index in [9.17, 15) is 9.18 Å². The standard InChI is InChI=1S/C20H20FN3O2S/c1-26-10-9-24(14-25)12-15-5-7-18(8-6-15)22-20-23-19(13-27-20)16-3-2-4-17(21)11-16/h2-8,11,13-14H,9-10,12H2,1H3,(H,22,23). The van der Waals surface area contributed by atoms with Crippen molar-refractivity contribution in [1.82, 2.24) is 9.88 Å². The van der Waals surface area contributed by atoms with Gasteiger partial charge in [-0.2, -0.15) is 0 Å². The van der Waals surface area contributed by atoms with Crippen molar-refractivity contribution in [2.75, 3.05) is 25.6 Å². The molecule has 7 heteroatoms. The third-order valence-electron chi connectivity index (χ3n) is 3.95. The molecule has 1 heterocycles. The number of carbonyl (C=O) groups excluding carboxylic acids is 1. The normalized spacial score (nSPS) is 10.6. The lowest BCUT2D eigenvalue weighted by Crippen LogP contribution is -2.25. The minimum atomic E-state index is -0.277. The zero-order chi connectivity index (χ0) is 19.1. The van der Waals surface area contributed by atoms with Crippen LogP contribution in [-0.2, 0) is 16.1 Å². The van der Waals surface area contributed by atoms with Crippen molar-refractivity contribution >= 4 is 28.6 Å². The van der Waals surface area contributed by atoms with Crippen LogP contribution in [0.1, 0.15) is 5.56 Å². The quantitative estimate of drug-likeness (QED) is 0.558. The maximum atomic E-state index is 13.4. The number of thiazole rings is 1. The number of methoxy groups -OCH3 is 1. The Morgan fingerprint density at radius 3 is 2.78 bits per heavy atom. The summed E-state index contributed by atoms with van der Waals surface area (Å²) in [5, 5.41) is 5.87. The van der Waals surface area contributed by atoms with Crippen LogP contribution < -0.4 is 5.32 Å². The number of benzene rings is 2. The Hall–Kier alpha value is -2.77. The third kappa shape index (κ3) is 5.35. The molecule has 0 radical (unpaired) electrons. The van der Waals surface area contributed by atoms with E-state index in [1.165, 1.54) is 23.5 Å². The van der Waals surface area contributed by atoms with E-state index in [-0.39, 0.29) is 5.82 Å². The first-order valence-corrected chi connectivity index (χ1v) is 9.31. The molecule has 3 aromatic rings. The largest absolute Gasteiger partial charge is 0.383 e. The fraction of sp³-hybridized carbons (Fsp3) is 0.200. The molecule has 140 valence electrons. The highest BCUT2D eigenvalue weighted by Crippen LogP contribution is 2.27. The Morgan fingerprint density at radius 2 is 2.07 bits per heavy atom. The molecule has 1 aromatic heterocycles. The molecule has 0 aliphatic rings. The number of carbonyl (C=O) groups is 1. The highest BCUT2D eigenvalue weighted by molar-refractivity contribution is 7.14. The van der Waals surface area contributed by atoms with Crippen LogP contribution in [0.5, 0.6) is 0 Å². The van der Waals surface area contributed by atoms with Crippen LogP contribution in [0.3, 0.4) is 0 Å². The van der Waals surface area contributed by atoms with E-state index in [1.807, 2.05) is 35.7 Å². The second-order valence-corrected chi connectivity index (χ2v) is 6.80. The number of amides is 1. The van der Waals surface area contributed by atoms with Crippen molar-refractivity contribution in [3.05, 3.63) is 65.3 Å². The zero-order valence-electron chi connectivity index (χ0n) is 14.9. The van der Waals surface area contributed by atoms with Crippen LogP contribution in [0.2, 0.25) is 0 Å². The van der Waals surface area contributed by atoms with E-state index in [0.29, 0.717) is 19.7 Å². The molecule has 0 unspecified atom stereocenters. The van der Waals surface area contributed by atoms with Crippen LogP contribution in [0.25, 0.3) is 11.3 Å². The topological polar surface area (TPSA) is 54.5 Å². The molecule has 3 rings (SSSR count). The summed E-state index contributed by atoms with van der Waals surface area (Å²) in [6, 6.07) is 14.2. The van der Waals surface area contributed by atoms with Gasteiger partial charge in [-0.15, -0.1) is 11.3 Å². The summed E-state index contributed by atoms with van der Waals surface area (Å²) in [5.41, 5.74) is 3.41. The van der Waals surface area contributed by atoms with Crippen LogP contribution in [0.15, 0.2) is 53.9 Å². The second kappa shape index (κ2) is 9.25. The molecule has 0 saturated heterocycles. The number of hydrogen-bond acceptors (Lipinski definition) is 5. The van der Waals surface area contributed by atoms with Crippen LogP contribution in [0.4, 0.5) is 15.2 Å². The molecular weight excluding hydrogens is 365 g/mol. The Balaban J connectivity index is 1.62. The zero-order valence-corrected chi connectivity index (χ0v) is 15.7. The predicted molar refractivity (Wildman–Crippen MR) is 106 cm³/mol. The van der Waals surface area contributed by atoms with Crippen LogP contribution >= 0.6 is 11.3 Å². The minimum Gasteiger partial charge on any atom is -0.383 e. The number of halogens is 1. The monoisotopic (exact) mass is 385 g/mol. The maximum absolute atomic E-state index is 13.4. The Bertz CT molecular complexity index is 883. The van der Waals surface area contributed by atoms with Gasteiger partial charge in [0.25, 0.3) is 0 Å². The lowest BCUT2D eigenvalue weighted by Gasteiger charge is -2.17. The Labute approximate surface area is 161 Å². The van der Waals surface area contributed by atoms with Gasteiger partial charge in [-0.25, -0.2) is 9.37 Å². The van der Waals surface area contributed by atoms with Crippen molar-refractivity contribution in [3.63, 3.8) is 0 Å².